The average Bonchev–Trinajstić information content (AvgIpc) is 1.69. The maximum absolute atomic E-state index is 4.66. The summed E-state index contributed by atoms with van der Waals surface area (Å²) < 4.78 is 4.66. The van der Waals surface area contributed by atoms with Crippen molar-refractivity contribution in [3.8, 4) is 0 Å². The summed E-state index contributed by atoms with van der Waals surface area (Å²) in [6.07, 6.45) is 1.26. The van der Waals surface area contributed by atoms with E-state index in [9.17, 15) is 0 Å². The molecule has 0 fully saturated rings. The molecule has 0 spiro atoms. The van der Waals surface area contributed by atoms with Gasteiger partial charge in [-0.25, -0.2) is 0 Å². The highest BCUT2D eigenvalue weighted by Gasteiger charge is 1.65. The molecule has 0 aliphatic heterocycles. The number of oxime groups is 1. The van der Waals surface area contributed by atoms with Crippen LogP contribution < -0.4 is 0 Å². The van der Waals surface area contributed by atoms with Gasteiger partial charge in [0.15, 0.2) is 0 Å². The van der Waals surface area contributed by atoms with Gasteiger partial charge in [0.2, 0.25) is 6.40 Å². The van der Waals surface area contributed by atoms with Crippen molar-refractivity contribution in [3.05, 3.63) is 0 Å². The highest BCUT2D eigenvalue weighted by atomic mass is 16.6. The second-order valence-corrected chi connectivity index (χ2v) is 0.849. The molecule has 0 bridgehead atoms. The standard InChI is InChI=1S/C4H9NO2/c1-3-7-4-5-6-2/h4H,3H2,1-2H3/b5-4-. The highest BCUT2D eigenvalue weighted by molar-refractivity contribution is 5.44. The molecule has 0 atom stereocenters. The zero-order valence-corrected chi connectivity index (χ0v) is 4.55. The SMILES string of the molecule is CCO/C=N\OC. The van der Waals surface area contributed by atoms with Crippen molar-refractivity contribution in [2.24, 2.45) is 5.16 Å². The van der Waals surface area contributed by atoms with Crippen LogP contribution in [0.4, 0.5) is 0 Å². The summed E-state index contributed by atoms with van der Waals surface area (Å²) in [4.78, 5) is 4.29. The Morgan fingerprint density at radius 2 is 2.43 bits per heavy atom. The third-order valence-electron chi connectivity index (χ3n) is 0.390. The predicted octanol–water partition coefficient (Wildman–Crippen LogP) is 0.613. The lowest BCUT2D eigenvalue weighted by Crippen LogP contribution is -1.84. The largest absolute Gasteiger partial charge is 0.481 e. The molecule has 0 N–H and O–H groups in total. The lowest BCUT2D eigenvalue weighted by Gasteiger charge is -1.87. The molecule has 0 aliphatic rings. The summed E-state index contributed by atoms with van der Waals surface area (Å²) in [6, 6.07) is 0. The third-order valence-corrected chi connectivity index (χ3v) is 0.390. The quantitative estimate of drug-likeness (QED) is 0.297. The van der Waals surface area contributed by atoms with Gasteiger partial charge >= 0.3 is 0 Å². The van der Waals surface area contributed by atoms with Crippen molar-refractivity contribution in [3.63, 3.8) is 0 Å². The normalized spacial score (nSPS) is 9.43. The van der Waals surface area contributed by atoms with Crippen molar-refractivity contribution in [2.45, 2.75) is 6.92 Å². The van der Waals surface area contributed by atoms with E-state index in [1.807, 2.05) is 6.92 Å². The molecule has 0 heterocycles. The smallest absolute Gasteiger partial charge is 0.212 e. The van der Waals surface area contributed by atoms with Crippen LogP contribution in [0.2, 0.25) is 0 Å². The molecule has 42 valence electrons. The third kappa shape index (κ3) is 5.27. The molecule has 0 aromatic heterocycles. The van der Waals surface area contributed by atoms with Crippen LogP contribution in [0.15, 0.2) is 5.16 Å². The molecule has 0 saturated carbocycles. The Hall–Kier alpha value is -0.730. The van der Waals surface area contributed by atoms with Crippen LogP contribution in [-0.4, -0.2) is 20.1 Å². The Balaban J connectivity index is 2.78. The van der Waals surface area contributed by atoms with Crippen molar-refractivity contribution in [2.75, 3.05) is 13.7 Å². The molecule has 0 rings (SSSR count). The first-order chi connectivity index (χ1) is 3.41. The van der Waals surface area contributed by atoms with E-state index in [1.165, 1.54) is 13.5 Å². The molecule has 0 aliphatic carbocycles. The summed E-state index contributed by atoms with van der Waals surface area (Å²) in [7, 11) is 1.47. The van der Waals surface area contributed by atoms with E-state index in [2.05, 4.69) is 14.7 Å². The highest BCUT2D eigenvalue weighted by Crippen LogP contribution is 1.66. The van der Waals surface area contributed by atoms with Gasteiger partial charge in [0, 0.05) is 0 Å². The maximum Gasteiger partial charge on any atom is 0.212 e. The second kappa shape index (κ2) is 5.27. The lowest BCUT2D eigenvalue weighted by molar-refractivity contribution is 0.199. The Labute approximate surface area is 42.9 Å². The molecule has 3 nitrogen and oxygen atoms in total. The first-order valence-corrected chi connectivity index (χ1v) is 2.08. The van der Waals surface area contributed by atoms with Crippen LogP contribution in [0.5, 0.6) is 0 Å². The van der Waals surface area contributed by atoms with Gasteiger partial charge < -0.3 is 9.57 Å². The number of rotatable bonds is 3. The van der Waals surface area contributed by atoms with Crippen molar-refractivity contribution in [1.29, 1.82) is 0 Å². The van der Waals surface area contributed by atoms with E-state index in [0.717, 1.165) is 0 Å². The molecule has 0 aromatic carbocycles. The van der Waals surface area contributed by atoms with Crippen LogP contribution >= 0.6 is 0 Å². The van der Waals surface area contributed by atoms with E-state index in [1.54, 1.807) is 0 Å². The minimum atomic E-state index is 0.632. The fourth-order valence-corrected chi connectivity index (χ4v) is 0.148. The van der Waals surface area contributed by atoms with Crippen LogP contribution in [0, 0.1) is 0 Å². The van der Waals surface area contributed by atoms with Crippen LogP contribution in [0.25, 0.3) is 0 Å². The Kier molecular flexibility index (Phi) is 4.72. The van der Waals surface area contributed by atoms with Gasteiger partial charge in [0.05, 0.1) is 6.61 Å². The molecule has 0 radical (unpaired) electrons. The lowest BCUT2D eigenvalue weighted by atomic mass is 10.9. The maximum atomic E-state index is 4.66. The summed E-state index contributed by atoms with van der Waals surface area (Å²) >= 11 is 0. The monoisotopic (exact) mass is 103 g/mol. The number of hydrogen-bond donors (Lipinski definition) is 0. The minimum Gasteiger partial charge on any atom is -0.481 e. The van der Waals surface area contributed by atoms with Crippen molar-refractivity contribution >= 4 is 6.40 Å². The van der Waals surface area contributed by atoms with Gasteiger partial charge in [-0.15, -0.1) is 0 Å². The molecule has 0 aromatic rings. The molecule has 0 amide bonds. The first-order valence-electron chi connectivity index (χ1n) is 2.08. The number of ether oxygens (including phenoxy) is 1. The van der Waals surface area contributed by atoms with Gasteiger partial charge in [-0.3, -0.25) is 0 Å². The van der Waals surface area contributed by atoms with Crippen molar-refractivity contribution in [1.82, 2.24) is 0 Å². The van der Waals surface area contributed by atoms with Gasteiger partial charge in [0.25, 0.3) is 0 Å². The van der Waals surface area contributed by atoms with E-state index in [0.29, 0.717) is 6.61 Å². The summed E-state index contributed by atoms with van der Waals surface area (Å²) in [6.45, 7) is 2.51. The second-order valence-electron chi connectivity index (χ2n) is 0.849. The molecule has 3 heteroatoms. The zero-order chi connectivity index (χ0) is 5.54. The molecule has 7 heavy (non-hydrogen) atoms. The fourth-order valence-electron chi connectivity index (χ4n) is 0.148. The van der Waals surface area contributed by atoms with Crippen LogP contribution in [-0.2, 0) is 9.57 Å². The predicted molar refractivity (Wildman–Crippen MR) is 27.1 cm³/mol. The Bertz CT molecular complexity index is 53.7. The Morgan fingerprint density at radius 3 is 2.86 bits per heavy atom. The molecular formula is C4H9NO2. The number of hydrogen-bond acceptors (Lipinski definition) is 3. The molecular weight excluding hydrogens is 94.0 g/mol. The van der Waals surface area contributed by atoms with E-state index >= 15 is 0 Å². The van der Waals surface area contributed by atoms with E-state index < -0.39 is 0 Å². The van der Waals surface area contributed by atoms with Crippen LogP contribution in [0.3, 0.4) is 0 Å². The molecule has 0 saturated heterocycles. The zero-order valence-electron chi connectivity index (χ0n) is 4.55. The first kappa shape index (κ1) is 6.27. The number of nitrogens with zero attached hydrogens (tertiary/aromatic N) is 1. The molecule has 0 unspecified atom stereocenters. The van der Waals surface area contributed by atoms with E-state index in [4.69, 9.17) is 0 Å². The van der Waals surface area contributed by atoms with Gasteiger partial charge in [-0.1, -0.05) is 5.16 Å². The van der Waals surface area contributed by atoms with Gasteiger partial charge in [-0.2, -0.15) is 0 Å². The fraction of sp³-hybridized carbons (Fsp3) is 0.750. The summed E-state index contributed by atoms with van der Waals surface area (Å²) in [5.41, 5.74) is 0. The Morgan fingerprint density at radius 1 is 1.71 bits per heavy atom. The topological polar surface area (TPSA) is 30.8 Å². The van der Waals surface area contributed by atoms with Crippen molar-refractivity contribution < 1.29 is 9.57 Å². The average molecular weight is 103 g/mol. The summed E-state index contributed by atoms with van der Waals surface area (Å²) in [5.74, 6) is 0. The van der Waals surface area contributed by atoms with Gasteiger partial charge in [-0.05, 0) is 6.92 Å². The minimum absolute atomic E-state index is 0.632. The van der Waals surface area contributed by atoms with Crippen LogP contribution in [0.1, 0.15) is 6.92 Å². The van der Waals surface area contributed by atoms with Gasteiger partial charge in [0.1, 0.15) is 7.11 Å². The van der Waals surface area contributed by atoms with E-state index in [-0.39, 0.29) is 0 Å². The summed E-state index contributed by atoms with van der Waals surface area (Å²) in [5, 5.41) is 3.31.